The van der Waals surface area contributed by atoms with Crippen LogP contribution in [0, 0.1) is 0 Å². The maximum atomic E-state index is 5.65. The van der Waals surface area contributed by atoms with Crippen LogP contribution in [0.3, 0.4) is 0 Å². The second kappa shape index (κ2) is 17.9. The molecule has 0 fully saturated rings. The van der Waals surface area contributed by atoms with Crippen molar-refractivity contribution in [3.05, 3.63) is 267 Å². The van der Waals surface area contributed by atoms with Crippen molar-refractivity contribution in [1.82, 2.24) is 9.55 Å². The summed E-state index contributed by atoms with van der Waals surface area (Å²) in [6.07, 6.45) is 3.28. The first-order valence-corrected chi connectivity index (χ1v) is 21.7. The SMILES string of the molecule is C=C1c2ccc3c4ccccc4n(-c4cccc(-c5cc(-c6ccccc6)cc(-c6ccccc6)n5)c4)c3c2N(c2ccccc2)N=C(c2ccccc2)N1c1ccccc1.C=CC=C. The zero-order valence-electron chi connectivity index (χ0n) is 35.9. The third-order valence-corrected chi connectivity index (χ3v) is 11.6. The number of para-hydroxylation sites is 3. The number of allylic oxidation sites excluding steroid dienone is 2. The van der Waals surface area contributed by atoms with Gasteiger partial charge in [-0.1, -0.05) is 196 Å². The first kappa shape index (κ1) is 40.3. The maximum absolute atomic E-state index is 5.65. The van der Waals surface area contributed by atoms with Gasteiger partial charge >= 0.3 is 0 Å². The Bertz CT molecular complexity index is 3290. The molecule has 0 saturated carbocycles. The van der Waals surface area contributed by atoms with Crippen LogP contribution >= 0.6 is 0 Å². The number of hydrogen-bond acceptors (Lipinski definition) is 4. The highest BCUT2D eigenvalue weighted by Gasteiger charge is 2.32. The highest BCUT2D eigenvalue weighted by molar-refractivity contribution is 6.22. The molecule has 8 aromatic carbocycles. The fraction of sp³-hybridized carbons (Fsp3) is 0. The van der Waals surface area contributed by atoms with E-state index in [1.54, 1.807) is 12.2 Å². The summed E-state index contributed by atoms with van der Waals surface area (Å²) >= 11 is 0. The van der Waals surface area contributed by atoms with Gasteiger partial charge in [0.05, 0.1) is 33.8 Å². The zero-order chi connectivity index (χ0) is 44.1. The van der Waals surface area contributed by atoms with E-state index in [0.717, 1.165) is 101 Å². The molecule has 3 heterocycles. The van der Waals surface area contributed by atoms with Crippen molar-refractivity contribution in [3.8, 4) is 39.3 Å². The highest BCUT2D eigenvalue weighted by atomic mass is 15.5. The Hall–Kier alpha value is -8.80. The van der Waals surface area contributed by atoms with Crippen LogP contribution in [0.1, 0.15) is 11.1 Å². The van der Waals surface area contributed by atoms with Gasteiger partial charge in [0.2, 0.25) is 0 Å². The van der Waals surface area contributed by atoms with Gasteiger partial charge in [0, 0.05) is 50.1 Å². The predicted molar refractivity (Wildman–Crippen MR) is 275 cm³/mol. The quantitative estimate of drug-likeness (QED) is 0.143. The lowest BCUT2D eigenvalue weighted by Crippen LogP contribution is -2.30. The minimum absolute atomic E-state index is 0.772. The number of aromatic nitrogens is 2. The Balaban J connectivity index is 0.00000120. The number of rotatable bonds is 8. The maximum Gasteiger partial charge on any atom is 0.165 e. The Morgan fingerprint density at radius 3 is 1.58 bits per heavy atom. The van der Waals surface area contributed by atoms with Gasteiger partial charge in [-0.05, 0) is 71.8 Å². The summed E-state index contributed by atoms with van der Waals surface area (Å²) in [5.41, 5.74) is 14.9. The van der Waals surface area contributed by atoms with Crippen LogP contribution in [0.2, 0.25) is 0 Å². The topological polar surface area (TPSA) is 36.7 Å². The van der Waals surface area contributed by atoms with E-state index in [1.807, 2.05) is 24.3 Å². The summed E-state index contributed by atoms with van der Waals surface area (Å²) in [7, 11) is 0. The molecule has 1 aliphatic heterocycles. The Labute approximate surface area is 380 Å². The average Bonchev–Trinajstić information content (AvgIpc) is 3.66. The Kier molecular flexibility index (Phi) is 11.1. The standard InChI is InChI=1S/C56H39N5.C4H6/c1-39-48-34-35-50-49-32-17-18-33-53(49)60(47-31-19-26-43(36-47)52-38-44(40-20-7-2-8-21-40)37-51(57-52)41-22-9-3-10-23-41)54(50)55(48)61(46-29-15-6-16-30-46)58-56(42-24-11-4-12-25-42)59(39)45-27-13-5-14-28-45;1-3-4-2/h2-38H,1H2;3-4H,1-2H2. The monoisotopic (exact) mass is 835 g/mol. The van der Waals surface area contributed by atoms with E-state index in [4.69, 9.17) is 16.7 Å². The first-order valence-electron chi connectivity index (χ1n) is 21.7. The van der Waals surface area contributed by atoms with E-state index in [-0.39, 0.29) is 0 Å². The number of anilines is 3. The van der Waals surface area contributed by atoms with Crippen molar-refractivity contribution in [2.75, 3.05) is 9.91 Å². The second-order valence-corrected chi connectivity index (χ2v) is 15.6. The third-order valence-electron chi connectivity index (χ3n) is 11.6. The molecule has 0 spiro atoms. The molecule has 5 heteroatoms. The van der Waals surface area contributed by atoms with Gasteiger partial charge in [-0.15, -0.1) is 5.10 Å². The van der Waals surface area contributed by atoms with Crippen molar-refractivity contribution in [2.24, 2.45) is 5.10 Å². The molecule has 0 unspecified atom stereocenters. The lowest BCUT2D eigenvalue weighted by Gasteiger charge is -2.27. The van der Waals surface area contributed by atoms with Crippen molar-refractivity contribution in [2.45, 2.75) is 0 Å². The molecule has 0 N–H and O–H groups in total. The van der Waals surface area contributed by atoms with Crippen molar-refractivity contribution < 1.29 is 0 Å². The van der Waals surface area contributed by atoms with Gasteiger partial charge < -0.3 is 4.57 Å². The number of amidine groups is 1. The molecular weight excluding hydrogens is 791 g/mol. The van der Waals surface area contributed by atoms with Crippen LogP contribution in [-0.4, -0.2) is 15.4 Å². The van der Waals surface area contributed by atoms with Crippen molar-refractivity contribution in [3.63, 3.8) is 0 Å². The van der Waals surface area contributed by atoms with Crippen LogP contribution in [0.15, 0.2) is 261 Å². The van der Waals surface area contributed by atoms with Crippen molar-refractivity contribution >= 4 is 50.4 Å². The van der Waals surface area contributed by atoms with Crippen LogP contribution < -0.4 is 9.91 Å². The molecule has 0 amide bonds. The molecule has 0 saturated heterocycles. The van der Waals surface area contributed by atoms with Crippen LogP contribution in [0.25, 0.3) is 66.8 Å². The van der Waals surface area contributed by atoms with E-state index in [9.17, 15) is 0 Å². The fourth-order valence-electron chi connectivity index (χ4n) is 8.62. The van der Waals surface area contributed by atoms with Gasteiger partial charge in [0.15, 0.2) is 5.84 Å². The zero-order valence-corrected chi connectivity index (χ0v) is 35.9. The van der Waals surface area contributed by atoms with E-state index in [0.29, 0.717) is 0 Å². The lowest BCUT2D eigenvalue weighted by atomic mass is 10.00. The summed E-state index contributed by atoms with van der Waals surface area (Å²) in [5, 5.41) is 10.0. The van der Waals surface area contributed by atoms with Crippen LogP contribution in [-0.2, 0) is 0 Å². The summed E-state index contributed by atoms with van der Waals surface area (Å²) in [5.74, 6) is 0.772. The molecule has 5 nitrogen and oxygen atoms in total. The fourth-order valence-corrected chi connectivity index (χ4v) is 8.62. The summed E-state index contributed by atoms with van der Waals surface area (Å²) in [6.45, 7) is 11.6. The number of nitrogens with zero attached hydrogens (tertiary/aromatic N) is 5. The smallest absolute Gasteiger partial charge is 0.165 e. The number of fused-ring (bicyclic) bond motifs is 5. The predicted octanol–water partition coefficient (Wildman–Crippen LogP) is 15.5. The average molecular weight is 836 g/mol. The largest absolute Gasteiger partial charge is 0.307 e. The molecule has 0 aliphatic carbocycles. The van der Waals surface area contributed by atoms with Gasteiger partial charge in [-0.25, -0.2) is 9.99 Å². The molecule has 310 valence electrons. The minimum Gasteiger partial charge on any atom is -0.307 e. The minimum atomic E-state index is 0.772. The molecule has 0 atom stereocenters. The molecule has 65 heavy (non-hydrogen) atoms. The van der Waals surface area contributed by atoms with Crippen LogP contribution in [0.4, 0.5) is 17.1 Å². The molecule has 0 bridgehead atoms. The third kappa shape index (κ3) is 7.73. The van der Waals surface area contributed by atoms with Gasteiger partial charge in [-0.3, -0.25) is 4.90 Å². The van der Waals surface area contributed by atoms with Crippen molar-refractivity contribution in [1.29, 1.82) is 0 Å². The summed E-state index contributed by atoms with van der Waals surface area (Å²) < 4.78 is 2.39. The van der Waals surface area contributed by atoms with Gasteiger partial charge in [-0.2, -0.15) is 0 Å². The van der Waals surface area contributed by atoms with E-state index in [1.165, 1.54) is 0 Å². The second-order valence-electron chi connectivity index (χ2n) is 15.6. The number of pyridine rings is 1. The van der Waals surface area contributed by atoms with E-state index < -0.39 is 0 Å². The van der Waals surface area contributed by atoms with Crippen LogP contribution in [0.5, 0.6) is 0 Å². The van der Waals surface area contributed by atoms with Gasteiger partial charge in [0.1, 0.15) is 0 Å². The number of hydrogen-bond donors (Lipinski definition) is 0. The molecule has 10 aromatic rings. The lowest BCUT2D eigenvalue weighted by molar-refractivity contribution is 1.07. The van der Waals surface area contributed by atoms with E-state index >= 15 is 0 Å². The summed E-state index contributed by atoms with van der Waals surface area (Å²) in [4.78, 5) is 7.50. The Morgan fingerprint density at radius 2 is 0.938 bits per heavy atom. The number of benzene rings is 8. The normalized spacial score (nSPS) is 12.2. The Morgan fingerprint density at radius 1 is 0.415 bits per heavy atom. The molecule has 2 aromatic heterocycles. The van der Waals surface area contributed by atoms with E-state index in [2.05, 4.69) is 228 Å². The van der Waals surface area contributed by atoms with Gasteiger partial charge in [0.25, 0.3) is 0 Å². The highest BCUT2D eigenvalue weighted by Crippen LogP contribution is 2.47. The molecule has 1 aliphatic rings. The first-order chi connectivity index (χ1) is 32.1. The molecule has 11 rings (SSSR count). The summed E-state index contributed by atoms with van der Waals surface area (Å²) in [6, 6.07) is 78.5. The molecule has 0 radical (unpaired) electrons. The molecular formula is C60H45N5. The number of hydrazone groups is 1.